The molecular formula is C19H18INO. The van der Waals surface area contributed by atoms with Gasteiger partial charge in [0.1, 0.15) is 5.75 Å². The Labute approximate surface area is 144 Å². The quantitative estimate of drug-likeness (QED) is 0.585. The van der Waals surface area contributed by atoms with E-state index >= 15 is 0 Å². The second-order valence-corrected chi connectivity index (χ2v) is 7.76. The first-order valence-electron chi connectivity index (χ1n) is 7.47. The van der Waals surface area contributed by atoms with Crippen LogP contribution in [0.5, 0.6) is 5.75 Å². The van der Waals surface area contributed by atoms with Crippen LogP contribution in [0.3, 0.4) is 0 Å². The van der Waals surface area contributed by atoms with Crippen LogP contribution >= 0.6 is 22.6 Å². The molecular weight excluding hydrogens is 385 g/mol. The maximum atomic E-state index is 6.58. The molecule has 22 heavy (non-hydrogen) atoms. The van der Waals surface area contributed by atoms with E-state index in [1.54, 1.807) is 0 Å². The van der Waals surface area contributed by atoms with E-state index in [2.05, 4.69) is 103 Å². The van der Waals surface area contributed by atoms with Crippen molar-refractivity contribution in [1.82, 2.24) is 0 Å². The standard InChI is InChI=1S/C19H18INO/c1-18(2)15-6-4-5-7-16(15)21(3)19(18)11-10-13-12-14(20)8-9-17(13)22-19/h4-12H,1-3H3/t19-/m0/s1. The highest BCUT2D eigenvalue weighted by Gasteiger charge is 2.57. The first-order chi connectivity index (χ1) is 10.5. The van der Waals surface area contributed by atoms with Gasteiger partial charge < -0.3 is 9.64 Å². The lowest BCUT2D eigenvalue weighted by Gasteiger charge is -2.45. The molecule has 2 aliphatic rings. The van der Waals surface area contributed by atoms with E-state index in [9.17, 15) is 0 Å². The average molecular weight is 403 g/mol. The van der Waals surface area contributed by atoms with Gasteiger partial charge in [0.25, 0.3) is 0 Å². The Morgan fingerprint density at radius 2 is 1.86 bits per heavy atom. The van der Waals surface area contributed by atoms with Crippen molar-refractivity contribution in [3.63, 3.8) is 0 Å². The van der Waals surface area contributed by atoms with Gasteiger partial charge in [0.2, 0.25) is 5.72 Å². The Kier molecular flexibility index (Phi) is 2.89. The molecule has 0 saturated carbocycles. The van der Waals surface area contributed by atoms with Crippen LogP contribution in [0.2, 0.25) is 0 Å². The van der Waals surface area contributed by atoms with Crippen LogP contribution in [0.15, 0.2) is 48.5 Å². The molecule has 2 aromatic carbocycles. The third-order valence-corrected chi connectivity index (χ3v) is 5.73. The number of benzene rings is 2. The first kappa shape index (κ1) is 14.1. The van der Waals surface area contributed by atoms with Gasteiger partial charge in [-0.3, -0.25) is 0 Å². The van der Waals surface area contributed by atoms with Crippen LogP contribution < -0.4 is 9.64 Å². The monoisotopic (exact) mass is 403 g/mol. The zero-order valence-corrected chi connectivity index (χ0v) is 15.1. The summed E-state index contributed by atoms with van der Waals surface area (Å²) in [6, 6.07) is 14.9. The van der Waals surface area contributed by atoms with Crippen molar-refractivity contribution in [1.29, 1.82) is 0 Å². The second-order valence-electron chi connectivity index (χ2n) is 6.52. The molecule has 0 saturated heterocycles. The zero-order valence-electron chi connectivity index (χ0n) is 12.9. The molecule has 0 bridgehead atoms. The molecule has 3 heteroatoms. The van der Waals surface area contributed by atoms with Crippen LogP contribution in [0.1, 0.15) is 25.0 Å². The molecule has 0 aliphatic carbocycles. The normalized spacial score (nSPS) is 24.1. The van der Waals surface area contributed by atoms with E-state index in [4.69, 9.17) is 4.74 Å². The van der Waals surface area contributed by atoms with E-state index in [-0.39, 0.29) is 5.41 Å². The fourth-order valence-corrected chi connectivity index (χ4v) is 4.26. The lowest BCUT2D eigenvalue weighted by molar-refractivity contribution is 0.0581. The minimum atomic E-state index is -0.476. The largest absolute Gasteiger partial charge is 0.463 e. The SMILES string of the molecule is CN1c2ccccc2C(C)(C)[C@@]12C=Cc1cc(I)ccc1O2. The van der Waals surface area contributed by atoms with Crippen LogP contribution in [0, 0.1) is 3.57 Å². The lowest BCUT2D eigenvalue weighted by Crippen LogP contribution is -2.58. The maximum absolute atomic E-state index is 6.58. The number of ether oxygens (including phenoxy) is 1. The van der Waals surface area contributed by atoms with Gasteiger partial charge in [-0.2, -0.15) is 0 Å². The fourth-order valence-electron chi connectivity index (χ4n) is 3.75. The van der Waals surface area contributed by atoms with Crippen molar-refractivity contribution >= 4 is 34.4 Å². The Bertz CT molecular complexity index is 796. The summed E-state index contributed by atoms with van der Waals surface area (Å²) in [6.45, 7) is 4.52. The summed E-state index contributed by atoms with van der Waals surface area (Å²) >= 11 is 2.34. The van der Waals surface area contributed by atoms with E-state index < -0.39 is 5.72 Å². The van der Waals surface area contributed by atoms with Crippen molar-refractivity contribution in [3.05, 3.63) is 63.2 Å². The molecule has 2 aromatic rings. The molecule has 0 amide bonds. The Hall–Kier alpha value is -1.49. The van der Waals surface area contributed by atoms with Gasteiger partial charge in [0.05, 0.1) is 5.41 Å². The van der Waals surface area contributed by atoms with Gasteiger partial charge in [0.15, 0.2) is 0 Å². The minimum Gasteiger partial charge on any atom is -0.463 e. The molecule has 0 aromatic heterocycles. The summed E-state index contributed by atoms with van der Waals surface area (Å²) in [5.41, 5.74) is 3.12. The highest BCUT2D eigenvalue weighted by Crippen LogP contribution is 2.54. The first-order valence-corrected chi connectivity index (χ1v) is 8.55. The molecule has 4 rings (SSSR count). The van der Waals surface area contributed by atoms with Crippen LogP contribution in [-0.2, 0) is 5.41 Å². The Balaban J connectivity index is 1.89. The average Bonchev–Trinajstić information content (AvgIpc) is 2.67. The Morgan fingerprint density at radius 3 is 2.64 bits per heavy atom. The molecule has 1 atom stereocenters. The molecule has 2 nitrogen and oxygen atoms in total. The fraction of sp³-hybridized carbons (Fsp3) is 0.263. The smallest absolute Gasteiger partial charge is 0.211 e. The van der Waals surface area contributed by atoms with E-state index in [1.807, 2.05) is 0 Å². The van der Waals surface area contributed by atoms with Crippen LogP contribution in [0.25, 0.3) is 6.08 Å². The highest BCUT2D eigenvalue weighted by molar-refractivity contribution is 14.1. The third kappa shape index (κ3) is 1.66. The van der Waals surface area contributed by atoms with Crippen LogP contribution in [0.4, 0.5) is 5.69 Å². The minimum absolute atomic E-state index is 0.129. The number of fused-ring (bicyclic) bond motifs is 2. The van der Waals surface area contributed by atoms with Gasteiger partial charge >= 0.3 is 0 Å². The Morgan fingerprint density at radius 1 is 1.09 bits per heavy atom. The summed E-state index contributed by atoms with van der Waals surface area (Å²) in [6.07, 6.45) is 4.41. The predicted molar refractivity (Wildman–Crippen MR) is 99.4 cm³/mol. The van der Waals surface area contributed by atoms with Crippen molar-refractivity contribution in [2.24, 2.45) is 0 Å². The summed E-state index contributed by atoms with van der Waals surface area (Å²) in [5, 5.41) is 0. The topological polar surface area (TPSA) is 12.5 Å². The number of likely N-dealkylation sites (N-methyl/N-ethyl adjacent to an activating group) is 1. The molecule has 112 valence electrons. The van der Waals surface area contributed by atoms with E-state index in [1.165, 1.54) is 14.8 Å². The predicted octanol–water partition coefficient (Wildman–Crippen LogP) is 4.82. The summed E-state index contributed by atoms with van der Waals surface area (Å²) in [4.78, 5) is 2.26. The number of rotatable bonds is 0. The number of anilines is 1. The summed E-state index contributed by atoms with van der Waals surface area (Å²) in [7, 11) is 2.12. The number of hydrogen-bond acceptors (Lipinski definition) is 2. The second kappa shape index (κ2) is 4.51. The molecule has 0 unspecified atom stereocenters. The summed E-state index contributed by atoms with van der Waals surface area (Å²) < 4.78 is 7.81. The third-order valence-electron chi connectivity index (χ3n) is 5.06. The molecule has 0 fully saturated rings. The van der Waals surface area contributed by atoms with Gasteiger partial charge in [0, 0.05) is 21.9 Å². The molecule has 2 heterocycles. The number of halogens is 1. The van der Waals surface area contributed by atoms with Gasteiger partial charge in [-0.15, -0.1) is 0 Å². The van der Waals surface area contributed by atoms with Crippen LogP contribution in [-0.4, -0.2) is 12.8 Å². The summed E-state index contributed by atoms with van der Waals surface area (Å²) in [5.74, 6) is 0.954. The molecule has 0 N–H and O–H groups in total. The van der Waals surface area contributed by atoms with E-state index in [0.717, 1.165) is 11.3 Å². The van der Waals surface area contributed by atoms with Crippen molar-refractivity contribution in [3.8, 4) is 5.75 Å². The van der Waals surface area contributed by atoms with E-state index in [0.29, 0.717) is 0 Å². The highest BCUT2D eigenvalue weighted by atomic mass is 127. The number of hydrogen-bond donors (Lipinski definition) is 0. The zero-order chi connectivity index (χ0) is 15.5. The number of para-hydroxylation sites is 1. The van der Waals surface area contributed by atoms with Gasteiger partial charge in [-0.25, -0.2) is 0 Å². The van der Waals surface area contributed by atoms with Gasteiger partial charge in [-0.05, 0) is 78.4 Å². The van der Waals surface area contributed by atoms with Gasteiger partial charge in [-0.1, -0.05) is 18.2 Å². The van der Waals surface area contributed by atoms with Crippen molar-refractivity contribution < 1.29 is 4.74 Å². The van der Waals surface area contributed by atoms with Crippen molar-refractivity contribution in [2.45, 2.75) is 25.0 Å². The number of nitrogens with zero attached hydrogens (tertiary/aromatic N) is 1. The van der Waals surface area contributed by atoms with Crippen molar-refractivity contribution in [2.75, 3.05) is 11.9 Å². The molecule has 2 aliphatic heterocycles. The lowest BCUT2D eigenvalue weighted by atomic mass is 9.76. The molecule has 1 spiro atoms. The molecule has 0 radical (unpaired) electrons. The maximum Gasteiger partial charge on any atom is 0.211 e.